The van der Waals surface area contributed by atoms with Gasteiger partial charge in [0.25, 0.3) is 11.8 Å². The summed E-state index contributed by atoms with van der Waals surface area (Å²) in [6.07, 6.45) is 0. The molecule has 0 bridgehead atoms. The van der Waals surface area contributed by atoms with Crippen molar-refractivity contribution in [1.29, 1.82) is 0 Å². The van der Waals surface area contributed by atoms with Crippen LogP contribution < -0.4 is 15.0 Å². The van der Waals surface area contributed by atoms with Crippen LogP contribution in [0.15, 0.2) is 72.8 Å². The molecule has 0 aromatic heterocycles. The summed E-state index contributed by atoms with van der Waals surface area (Å²) in [4.78, 5) is 27.0. The highest BCUT2D eigenvalue weighted by molar-refractivity contribution is 6.31. The highest BCUT2D eigenvalue weighted by Crippen LogP contribution is 2.28. The molecule has 1 N–H and O–H groups in total. The highest BCUT2D eigenvalue weighted by atomic mass is 35.5. The van der Waals surface area contributed by atoms with E-state index in [0.717, 1.165) is 5.69 Å². The van der Waals surface area contributed by atoms with Crippen molar-refractivity contribution >= 4 is 34.8 Å². The van der Waals surface area contributed by atoms with E-state index < -0.39 is 0 Å². The van der Waals surface area contributed by atoms with Crippen LogP contribution in [-0.2, 0) is 0 Å². The van der Waals surface area contributed by atoms with Gasteiger partial charge in [0.05, 0.1) is 12.8 Å². The zero-order valence-corrected chi connectivity index (χ0v) is 16.2. The number of nitrogens with zero attached hydrogens (tertiary/aromatic N) is 1. The van der Waals surface area contributed by atoms with E-state index in [2.05, 4.69) is 5.32 Å². The van der Waals surface area contributed by atoms with E-state index in [4.69, 9.17) is 16.3 Å². The van der Waals surface area contributed by atoms with Crippen LogP contribution in [0.5, 0.6) is 5.75 Å². The average Bonchev–Trinajstić information content (AvgIpc) is 2.73. The number of rotatable bonds is 5. The molecule has 2 amide bonds. The zero-order valence-electron chi connectivity index (χ0n) is 15.5. The number of para-hydroxylation sites is 1. The number of hydrogen-bond donors (Lipinski definition) is 1. The smallest absolute Gasteiger partial charge is 0.258 e. The third-order valence-corrected chi connectivity index (χ3v) is 4.46. The van der Waals surface area contributed by atoms with Crippen LogP contribution in [0.3, 0.4) is 0 Å². The molecule has 142 valence electrons. The maximum Gasteiger partial charge on any atom is 0.258 e. The number of ether oxygens (including phenoxy) is 1. The van der Waals surface area contributed by atoms with Gasteiger partial charge in [0.15, 0.2) is 0 Å². The number of benzene rings is 3. The monoisotopic (exact) mass is 394 g/mol. The molecule has 3 aromatic rings. The molecule has 0 spiro atoms. The summed E-state index contributed by atoms with van der Waals surface area (Å²) in [5, 5.41) is 3.25. The van der Waals surface area contributed by atoms with E-state index in [1.165, 1.54) is 12.0 Å². The number of carbonyl (C=O) groups is 2. The summed E-state index contributed by atoms with van der Waals surface area (Å²) < 4.78 is 5.25. The van der Waals surface area contributed by atoms with Crippen molar-refractivity contribution in [3.63, 3.8) is 0 Å². The van der Waals surface area contributed by atoms with Crippen molar-refractivity contribution in [3.8, 4) is 5.75 Å². The topological polar surface area (TPSA) is 58.6 Å². The SMILES string of the molecule is COc1ccc(Cl)cc1NC(=O)c1cccc(C(=O)N(C)c2ccccc2)c1. The fraction of sp³-hybridized carbons (Fsp3) is 0.0909. The number of anilines is 2. The third kappa shape index (κ3) is 4.32. The first-order valence-electron chi connectivity index (χ1n) is 8.57. The number of nitrogens with one attached hydrogen (secondary N) is 1. The van der Waals surface area contributed by atoms with Crippen LogP contribution in [-0.4, -0.2) is 26.0 Å². The molecule has 0 radical (unpaired) electrons. The van der Waals surface area contributed by atoms with Gasteiger partial charge >= 0.3 is 0 Å². The second kappa shape index (κ2) is 8.59. The Morgan fingerprint density at radius 3 is 2.36 bits per heavy atom. The Labute approximate surface area is 168 Å². The van der Waals surface area contributed by atoms with Gasteiger partial charge in [0.2, 0.25) is 0 Å². The van der Waals surface area contributed by atoms with Crippen LogP contribution in [0.4, 0.5) is 11.4 Å². The summed E-state index contributed by atoms with van der Waals surface area (Å²) in [5.74, 6) is -0.0763. The first kappa shape index (κ1) is 19.5. The predicted octanol–water partition coefficient (Wildman–Crippen LogP) is 4.88. The van der Waals surface area contributed by atoms with Crippen molar-refractivity contribution in [2.24, 2.45) is 0 Å². The average molecular weight is 395 g/mol. The molecule has 0 fully saturated rings. The van der Waals surface area contributed by atoms with Crippen LogP contribution in [0.1, 0.15) is 20.7 Å². The second-order valence-electron chi connectivity index (χ2n) is 6.08. The number of halogens is 1. The van der Waals surface area contributed by atoms with Gasteiger partial charge in [-0.15, -0.1) is 0 Å². The fourth-order valence-corrected chi connectivity index (χ4v) is 2.90. The molecular formula is C22H19ClN2O3. The molecule has 6 heteroatoms. The first-order valence-corrected chi connectivity index (χ1v) is 8.95. The minimum Gasteiger partial charge on any atom is -0.495 e. The van der Waals surface area contributed by atoms with Gasteiger partial charge in [0, 0.05) is 28.9 Å². The minimum absolute atomic E-state index is 0.207. The van der Waals surface area contributed by atoms with Gasteiger partial charge in [-0.05, 0) is 48.5 Å². The molecule has 0 aliphatic rings. The van der Waals surface area contributed by atoms with Crippen LogP contribution in [0, 0.1) is 0 Å². The lowest BCUT2D eigenvalue weighted by molar-refractivity contribution is 0.0993. The Balaban J connectivity index is 1.82. The molecule has 5 nitrogen and oxygen atoms in total. The van der Waals surface area contributed by atoms with E-state index in [-0.39, 0.29) is 11.8 Å². The second-order valence-corrected chi connectivity index (χ2v) is 6.52. The molecule has 0 atom stereocenters. The summed E-state index contributed by atoms with van der Waals surface area (Å²) in [5.41, 5.74) is 2.00. The molecule has 28 heavy (non-hydrogen) atoms. The summed E-state index contributed by atoms with van der Waals surface area (Å²) in [6.45, 7) is 0. The van der Waals surface area contributed by atoms with Crippen LogP contribution in [0.25, 0.3) is 0 Å². The van der Waals surface area contributed by atoms with E-state index in [9.17, 15) is 9.59 Å². The molecule has 0 aliphatic heterocycles. The van der Waals surface area contributed by atoms with E-state index >= 15 is 0 Å². The van der Waals surface area contributed by atoms with Gasteiger partial charge in [-0.2, -0.15) is 0 Å². The number of amides is 2. The Kier molecular flexibility index (Phi) is 5.96. The summed E-state index contributed by atoms with van der Waals surface area (Å²) in [6, 6.07) is 20.8. The normalized spacial score (nSPS) is 10.2. The van der Waals surface area contributed by atoms with Gasteiger partial charge < -0.3 is 15.0 Å². The lowest BCUT2D eigenvalue weighted by atomic mass is 10.1. The molecule has 3 rings (SSSR count). The third-order valence-electron chi connectivity index (χ3n) is 4.23. The van der Waals surface area contributed by atoms with Crippen molar-refractivity contribution in [2.45, 2.75) is 0 Å². The van der Waals surface area contributed by atoms with Crippen LogP contribution in [0.2, 0.25) is 5.02 Å². The van der Waals surface area contributed by atoms with Crippen molar-refractivity contribution in [1.82, 2.24) is 0 Å². The Morgan fingerprint density at radius 2 is 1.64 bits per heavy atom. The van der Waals surface area contributed by atoms with E-state index in [1.807, 2.05) is 30.3 Å². The maximum atomic E-state index is 12.8. The molecule has 0 heterocycles. The Morgan fingerprint density at radius 1 is 0.929 bits per heavy atom. The van der Waals surface area contributed by atoms with Crippen molar-refractivity contribution in [2.75, 3.05) is 24.4 Å². The fourth-order valence-electron chi connectivity index (χ4n) is 2.73. The molecule has 0 unspecified atom stereocenters. The summed E-state index contributed by atoms with van der Waals surface area (Å²) in [7, 11) is 3.21. The number of carbonyl (C=O) groups excluding carboxylic acids is 2. The van der Waals surface area contributed by atoms with E-state index in [0.29, 0.717) is 27.6 Å². The molecule has 0 saturated heterocycles. The highest BCUT2D eigenvalue weighted by Gasteiger charge is 2.16. The maximum absolute atomic E-state index is 12.8. The Bertz CT molecular complexity index is 1010. The molecule has 3 aromatic carbocycles. The van der Waals surface area contributed by atoms with Gasteiger partial charge in [-0.1, -0.05) is 35.9 Å². The summed E-state index contributed by atoms with van der Waals surface area (Å²) >= 11 is 6.01. The Hall–Kier alpha value is -3.31. The van der Waals surface area contributed by atoms with Crippen molar-refractivity contribution in [3.05, 3.63) is 88.9 Å². The molecule has 0 aliphatic carbocycles. The van der Waals surface area contributed by atoms with E-state index in [1.54, 1.807) is 49.5 Å². The standard InChI is InChI=1S/C22H19ClN2O3/c1-25(18-9-4-3-5-10-18)22(27)16-8-6-7-15(13-16)21(26)24-19-14-17(23)11-12-20(19)28-2/h3-14H,1-2H3,(H,24,26). The lowest BCUT2D eigenvalue weighted by Gasteiger charge is -2.17. The number of hydrogen-bond acceptors (Lipinski definition) is 3. The predicted molar refractivity (Wildman–Crippen MR) is 112 cm³/mol. The first-order chi connectivity index (χ1) is 13.5. The largest absolute Gasteiger partial charge is 0.495 e. The quantitative estimate of drug-likeness (QED) is 0.671. The molecular weight excluding hydrogens is 376 g/mol. The van der Waals surface area contributed by atoms with Crippen molar-refractivity contribution < 1.29 is 14.3 Å². The zero-order chi connectivity index (χ0) is 20.1. The van der Waals surface area contributed by atoms with Crippen LogP contribution >= 0.6 is 11.6 Å². The lowest BCUT2D eigenvalue weighted by Crippen LogP contribution is -2.26. The van der Waals surface area contributed by atoms with Gasteiger partial charge in [-0.3, -0.25) is 9.59 Å². The minimum atomic E-state index is -0.363. The van der Waals surface area contributed by atoms with Gasteiger partial charge in [-0.25, -0.2) is 0 Å². The van der Waals surface area contributed by atoms with Gasteiger partial charge in [0.1, 0.15) is 5.75 Å². The number of methoxy groups -OCH3 is 1. The molecule has 0 saturated carbocycles.